The Hall–Kier alpha value is -4.47. The van der Waals surface area contributed by atoms with Gasteiger partial charge in [0.2, 0.25) is 5.91 Å². The molecule has 2 N–H and O–H groups in total. The van der Waals surface area contributed by atoms with Gasteiger partial charge in [-0.2, -0.15) is 0 Å². The molecule has 0 saturated carbocycles. The van der Waals surface area contributed by atoms with Crippen LogP contribution in [0.3, 0.4) is 0 Å². The molecule has 176 valence electrons. The molecule has 0 aromatic heterocycles. The number of esters is 1. The van der Waals surface area contributed by atoms with E-state index in [0.29, 0.717) is 11.4 Å². The number of fused-ring (bicyclic) bond motifs is 1. The zero-order chi connectivity index (χ0) is 24.5. The molecule has 0 unspecified atom stereocenters. The lowest BCUT2D eigenvalue weighted by Gasteiger charge is -2.09. The fraction of sp³-hybridized carbons (Fsp3) is 0.208. The van der Waals surface area contributed by atoms with Gasteiger partial charge in [-0.25, -0.2) is 0 Å². The minimum atomic E-state index is -0.738. The van der Waals surface area contributed by atoms with Gasteiger partial charge in [0, 0.05) is 36.0 Å². The molecule has 3 rings (SSSR count). The normalized spacial score (nSPS) is 10.4. The molecule has 10 heteroatoms. The van der Waals surface area contributed by atoms with E-state index in [1.165, 1.54) is 25.3 Å². The summed E-state index contributed by atoms with van der Waals surface area (Å²) in [5.74, 6) is -1.32. The summed E-state index contributed by atoms with van der Waals surface area (Å²) in [6.07, 6.45) is 0.272. The van der Waals surface area contributed by atoms with E-state index in [2.05, 4.69) is 10.6 Å². The van der Waals surface area contributed by atoms with Gasteiger partial charge in [0.1, 0.15) is 11.4 Å². The summed E-state index contributed by atoms with van der Waals surface area (Å²) in [5, 5.41) is 18.2. The van der Waals surface area contributed by atoms with E-state index in [1.54, 1.807) is 6.07 Å². The molecular formula is C24H23N3O7. The monoisotopic (exact) mass is 465 g/mol. The molecule has 34 heavy (non-hydrogen) atoms. The Kier molecular flexibility index (Phi) is 8.11. The quantitative estimate of drug-likeness (QED) is 0.262. The highest BCUT2D eigenvalue weighted by Gasteiger charge is 2.18. The smallest absolute Gasteiger partial charge is 0.306 e. The molecule has 10 nitrogen and oxygen atoms in total. The summed E-state index contributed by atoms with van der Waals surface area (Å²) < 4.78 is 9.91. The molecule has 0 bridgehead atoms. The van der Waals surface area contributed by atoms with E-state index in [1.807, 2.05) is 36.4 Å². The molecule has 0 aliphatic heterocycles. The molecule has 3 aromatic rings. The molecule has 0 aliphatic rings. The Morgan fingerprint density at radius 1 is 0.912 bits per heavy atom. The second-order valence-electron chi connectivity index (χ2n) is 7.28. The van der Waals surface area contributed by atoms with Crippen molar-refractivity contribution in [2.24, 2.45) is 0 Å². The maximum Gasteiger partial charge on any atom is 0.306 e. The number of nitrogens with zero attached hydrogens (tertiary/aromatic N) is 1. The highest BCUT2D eigenvalue weighted by molar-refractivity contribution is 6.02. The predicted octanol–water partition coefficient (Wildman–Crippen LogP) is 4.05. The molecule has 0 radical (unpaired) electrons. The first kappa shape index (κ1) is 24.2. The standard InChI is InChI=1S/C24H23N3O7/c1-33-17-12-13-21(27(31)32)20(14-17)26-23(29)15-34-24(30)11-5-10-22(28)25-19-9-4-7-16-6-2-3-8-18(16)19/h2-4,6-9,12-14H,5,10-11,15H2,1H3,(H,25,28)(H,26,29). The van der Waals surface area contributed by atoms with Crippen LogP contribution in [-0.4, -0.2) is 36.4 Å². The lowest BCUT2D eigenvalue weighted by atomic mass is 10.1. The third-order valence-corrected chi connectivity index (χ3v) is 4.89. The number of ether oxygens (including phenoxy) is 2. The number of methoxy groups -OCH3 is 1. The van der Waals surface area contributed by atoms with Crippen LogP contribution >= 0.6 is 0 Å². The molecule has 0 saturated heterocycles. The Morgan fingerprint density at radius 3 is 2.41 bits per heavy atom. The first-order chi connectivity index (χ1) is 16.4. The maximum absolute atomic E-state index is 12.3. The number of benzene rings is 3. The van der Waals surface area contributed by atoms with Gasteiger partial charge in [0.05, 0.1) is 12.0 Å². The number of anilines is 2. The number of amides is 2. The van der Waals surface area contributed by atoms with E-state index >= 15 is 0 Å². The number of carbonyl (C=O) groups excluding carboxylic acids is 3. The number of rotatable bonds is 10. The average molecular weight is 465 g/mol. The number of nitro groups is 1. The molecule has 2 amide bonds. The van der Waals surface area contributed by atoms with Gasteiger partial charge in [0.25, 0.3) is 11.6 Å². The molecule has 0 fully saturated rings. The summed E-state index contributed by atoms with van der Waals surface area (Å²) in [7, 11) is 1.39. The number of nitro benzene ring substituents is 1. The van der Waals surface area contributed by atoms with Crippen molar-refractivity contribution in [1.29, 1.82) is 0 Å². The molecule has 0 spiro atoms. The molecule has 3 aromatic carbocycles. The van der Waals surface area contributed by atoms with E-state index in [9.17, 15) is 24.5 Å². The zero-order valence-electron chi connectivity index (χ0n) is 18.4. The van der Waals surface area contributed by atoms with Gasteiger partial charge in [0.15, 0.2) is 6.61 Å². The van der Waals surface area contributed by atoms with Crippen molar-refractivity contribution in [2.75, 3.05) is 24.4 Å². The van der Waals surface area contributed by atoms with Gasteiger partial charge in [-0.1, -0.05) is 36.4 Å². The van der Waals surface area contributed by atoms with Crippen LogP contribution in [0.25, 0.3) is 10.8 Å². The largest absolute Gasteiger partial charge is 0.497 e. The number of hydrogen-bond donors (Lipinski definition) is 2. The van der Waals surface area contributed by atoms with Gasteiger partial charge in [-0.15, -0.1) is 0 Å². The number of hydrogen-bond acceptors (Lipinski definition) is 7. The van der Waals surface area contributed by atoms with Crippen molar-refractivity contribution < 1.29 is 28.8 Å². The Bertz CT molecular complexity index is 1220. The fourth-order valence-electron chi connectivity index (χ4n) is 3.25. The fourth-order valence-corrected chi connectivity index (χ4v) is 3.25. The van der Waals surface area contributed by atoms with Crippen LogP contribution in [0.5, 0.6) is 5.75 Å². The van der Waals surface area contributed by atoms with E-state index in [-0.39, 0.29) is 36.5 Å². The topological polar surface area (TPSA) is 137 Å². The minimum absolute atomic E-state index is 0.0600. The van der Waals surface area contributed by atoms with E-state index < -0.39 is 23.4 Å². The summed E-state index contributed by atoms with van der Waals surface area (Å²) in [4.78, 5) is 46.7. The SMILES string of the molecule is COc1ccc([N+](=O)[O-])c(NC(=O)COC(=O)CCCC(=O)Nc2cccc3ccccc23)c1. The van der Waals surface area contributed by atoms with Gasteiger partial charge < -0.3 is 20.1 Å². The minimum Gasteiger partial charge on any atom is -0.497 e. The Morgan fingerprint density at radius 2 is 1.65 bits per heavy atom. The first-order valence-corrected chi connectivity index (χ1v) is 10.4. The summed E-state index contributed by atoms with van der Waals surface area (Å²) in [6, 6.07) is 17.1. The number of nitrogens with one attached hydrogen (secondary N) is 2. The Balaban J connectivity index is 1.43. The molecule has 0 atom stereocenters. The van der Waals surface area contributed by atoms with Crippen molar-refractivity contribution in [3.8, 4) is 5.75 Å². The second-order valence-corrected chi connectivity index (χ2v) is 7.28. The Labute approximate surface area is 195 Å². The summed E-state index contributed by atoms with van der Waals surface area (Å²) in [6.45, 7) is -0.616. The first-order valence-electron chi connectivity index (χ1n) is 10.4. The lowest BCUT2D eigenvalue weighted by Crippen LogP contribution is -2.21. The van der Waals surface area contributed by atoms with Crippen molar-refractivity contribution in [1.82, 2.24) is 0 Å². The van der Waals surface area contributed by atoms with Crippen LogP contribution in [0.1, 0.15) is 19.3 Å². The average Bonchev–Trinajstić information content (AvgIpc) is 2.82. The summed E-state index contributed by atoms with van der Waals surface area (Å²) >= 11 is 0. The van der Waals surface area contributed by atoms with Gasteiger partial charge >= 0.3 is 5.97 Å². The van der Waals surface area contributed by atoms with E-state index in [0.717, 1.165) is 10.8 Å². The third-order valence-electron chi connectivity index (χ3n) is 4.89. The molecule has 0 heterocycles. The lowest BCUT2D eigenvalue weighted by molar-refractivity contribution is -0.383. The van der Waals surface area contributed by atoms with E-state index in [4.69, 9.17) is 9.47 Å². The van der Waals surface area contributed by atoms with Crippen LogP contribution in [0.4, 0.5) is 17.1 Å². The zero-order valence-corrected chi connectivity index (χ0v) is 18.4. The predicted molar refractivity (Wildman–Crippen MR) is 126 cm³/mol. The van der Waals surface area contributed by atoms with Crippen LogP contribution in [-0.2, 0) is 19.1 Å². The van der Waals surface area contributed by atoms with Crippen molar-refractivity contribution in [3.05, 3.63) is 70.8 Å². The van der Waals surface area contributed by atoms with Crippen molar-refractivity contribution in [3.63, 3.8) is 0 Å². The number of carbonyl (C=O) groups is 3. The molecule has 0 aliphatic carbocycles. The van der Waals surface area contributed by atoms with Crippen LogP contribution < -0.4 is 15.4 Å². The van der Waals surface area contributed by atoms with Crippen LogP contribution in [0, 0.1) is 10.1 Å². The molecular weight excluding hydrogens is 442 g/mol. The van der Waals surface area contributed by atoms with Crippen LogP contribution in [0.15, 0.2) is 60.7 Å². The highest BCUT2D eigenvalue weighted by atomic mass is 16.6. The highest BCUT2D eigenvalue weighted by Crippen LogP contribution is 2.28. The van der Waals surface area contributed by atoms with Crippen molar-refractivity contribution in [2.45, 2.75) is 19.3 Å². The van der Waals surface area contributed by atoms with Gasteiger partial charge in [-0.3, -0.25) is 24.5 Å². The maximum atomic E-state index is 12.3. The second kappa shape index (κ2) is 11.4. The van der Waals surface area contributed by atoms with Crippen LogP contribution in [0.2, 0.25) is 0 Å². The summed E-state index contributed by atoms with van der Waals surface area (Å²) in [5.41, 5.74) is 0.294. The third kappa shape index (κ3) is 6.52. The van der Waals surface area contributed by atoms with Crippen molar-refractivity contribution >= 4 is 45.6 Å². The van der Waals surface area contributed by atoms with Gasteiger partial charge in [-0.05, 0) is 23.9 Å².